The van der Waals surface area contributed by atoms with Gasteiger partial charge in [-0.2, -0.15) is 5.26 Å². The Morgan fingerprint density at radius 2 is 1.93 bits per heavy atom. The fourth-order valence-electron chi connectivity index (χ4n) is 3.83. The van der Waals surface area contributed by atoms with E-state index in [0.717, 1.165) is 11.3 Å². The molecule has 0 saturated carbocycles. The van der Waals surface area contributed by atoms with Crippen molar-refractivity contribution in [1.29, 1.82) is 5.26 Å². The van der Waals surface area contributed by atoms with Gasteiger partial charge in [-0.25, -0.2) is 4.39 Å². The van der Waals surface area contributed by atoms with Crippen LogP contribution in [-0.4, -0.2) is 37.6 Å². The van der Waals surface area contributed by atoms with Crippen LogP contribution >= 0.6 is 11.8 Å². The van der Waals surface area contributed by atoms with E-state index in [9.17, 15) is 14.4 Å². The summed E-state index contributed by atoms with van der Waals surface area (Å²) in [5.41, 5.74) is 2.13. The number of para-hydroxylation sites is 1. The number of methoxy groups -OCH3 is 2. The predicted octanol–water partition coefficient (Wildman–Crippen LogP) is 4.06. The van der Waals surface area contributed by atoms with Crippen molar-refractivity contribution in [1.82, 2.24) is 4.90 Å². The van der Waals surface area contributed by atoms with Gasteiger partial charge in [0.05, 0.1) is 43.4 Å². The molecule has 1 saturated heterocycles. The molecule has 2 aliphatic rings. The van der Waals surface area contributed by atoms with E-state index in [1.54, 1.807) is 37.3 Å². The van der Waals surface area contributed by atoms with Gasteiger partial charge in [0.15, 0.2) is 11.5 Å². The van der Waals surface area contributed by atoms with Crippen molar-refractivity contribution in [3.8, 4) is 17.6 Å². The number of rotatable bonds is 4. The second kappa shape index (κ2) is 8.28. The third-order valence-corrected chi connectivity index (χ3v) is 6.45. The van der Waals surface area contributed by atoms with Crippen molar-refractivity contribution in [2.75, 3.05) is 31.7 Å². The zero-order valence-electron chi connectivity index (χ0n) is 16.6. The van der Waals surface area contributed by atoms with Crippen LogP contribution in [0.3, 0.4) is 0 Å². The molecule has 4 rings (SSSR count). The molecular weight excluding hydrogens is 405 g/mol. The maximum atomic E-state index is 13.3. The Balaban J connectivity index is 1.70. The summed E-state index contributed by atoms with van der Waals surface area (Å²) in [6.45, 7) is 0.319. The van der Waals surface area contributed by atoms with E-state index >= 15 is 0 Å². The molecule has 0 aliphatic carbocycles. The smallest absolute Gasteiger partial charge is 0.229 e. The normalized spacial score (nSPS) is 18.7. The molecule has 2 aromatic carbocycles. The minimum Gasteiger partial charge on any atom is -0.493 e. The largest absolute Gasteiger partial charge is 0.493 e. The molecular formula is C22H20FN3O3S. The first-order valence-electron chi connectivity index (χ1n) is 9.36. The number of amides is 1. The molecule has 6 nitrogen and oxygen atoms in total. The summed E-state index contributed by atoms with van der Waals surface area (Å²) in [5.74, 6) is 0.874. The summed E-state index contributed by atoms with van der Waals surface area (Å²) >= 11 is 1.43. The van der Waals surface area contributed by atoms with E-state index in [1.165, 1.54) is 23.9 Å². The highest BCUT2D eigenvalue weighted by Crippen LogP contribution is 2.47. The number of fused-ring (bicyclic) bond motifs is 1. The number of halogens is 1. The summed E-state index contributed by atoms with van der Waals surface area (Å²) in [5, 5.41) is 10.6. The Labute approximate surface area is 178 Å². The topological polar surface area (TPSA) is 65.8 Å². The summed E-state index contributed by atoms with van der Waals surface area (Å²) in [4.78, 5) is 16.7. The van der Waals surface area contributed by atoms with Crippen molar-refractivity contribution in [2.45, 2.75) is 12.3 Å². The molecule has 1 unspecified atom stereocenters. The lowest BCUT2D eigenvalue weighted by molar-refractivity contribution is -0.129. The number of carbonyl (C=O) groups excluding carboxylic acids is 1. The van der Waals surface area contributed by atoms with E-state index in [4.69, 9.17) is 9.47 Å². The minimum atomic E-state index is -0.399. The van der Waals surface area contributed by atoms with Crippen molar-refractivity contribution >= 4 is 23.4 Å². The van der Waals surface area contributed by atoms with E-state index in [-0.39, 0.29) is 18.1 Å². The van der Waals surface area contributed by atoms with Crippen LogP contribution in [0.15, 0.2) is 53.1 Å². The molecule has 2 aliphatic heterocycles. The van der Waals surface area contributed by atoms with E-state index in [1.807, 2.05) is 17.0 Å². The lowest BCUT2D eigenvalue weighted by Crippen LogP contribution is -2.47. The van der Waals surface area contributed by atoms with Gasteiger partial charge in [0, 0.05) is 23.6 Å². The number of anilines is 1. The number of nitriles is 1. The predicted molar refractivity (Wildman–Crippen MR) is 113 cm³/mol. The van der Waals surface area contributed by atoms with Crippen molar-refractivity contribution < 1.29 is 18.7 Å². The Morgan fingerprint density at radius 3 is 2.60 bits per heavy atom. The molecule has 0 spiro atoms. The number of thioether (sulfide) groups is 1. The van der Waals surface area contributed by atoms with E-state index in [0.29, 0.717) is 34.6 Å². The van der Waals surface area contributed by atoms with E-state index in [2.05, 4.69) is 6.07 Å². The SMILES string of the molecule is COc1cccc(C2CC(=O)N3CN(c4ccc(F)cc4)CSC3=C2C#N)c1OC. The molecule has 0 aromatic heterocycles. The molecule has 154 valence electrons. The van der Waals surface area contributed by atoms with Gasteiger partial charge in [0.1, 0.15) is 5.82 Å². The number of carbonyl (C=O) groups is 1. The molecule has 2 aromatic rings. The number of allylic oxidation sites excluding steroid dienone is 1. The standard InChI is InChI=1S/C22H20FN3O3S/c1-28-19-5-3-4-16(21(19)29-2)17-10-20(27)26-12-25(13-30-22(26)18(17)11-24)15-8-6-14(23)7-9-15/h3-9,17H,10,12-13H2,1-2H3. The van der Waals surface area contributed by atoms with Crippen LogP contribution in [0.25, 0.3) is 0 Å². The van der Waals surface area contributed by atoms with Crippen LogP contribution in [0.2, 0.25) is 0 Å². The van der Waals surface area contributed by atoms with Crippen molar-refractivity contribution in [3.05, 3.63) is 64.4 Å². The van der Waals surface area contributed by atoms with Gasteiger partial charge < -0.3 is 14.4 Å². The average molecular weight is 425 g/mol. The second-order valence-electron chi connectivity index (χ2n) is 6.92. The molecule has 8 heteroatoms. The Hall–Kier alpha value is -3.18. The Bertz CT molecular complexity index is 1050. The summed E-state index contributed by atoms with van der Waals surface area (Å²) < 4.78 is 24.2. The van der Waals surface area contributed by atoms with Crippen LogP contribution < -0.4 is 14.4 Å². The summed E-state index contributed by atoms with van der Waals surface area (Å²) in [7, 11) is 3.10. The quantitative estimate of drug-likeness (QED) is 0.736. The maximum absolute atomic E-state index is 13.3. The molecule has 0 radical (unpaired) electrons. The van der Waals surface area contributed by atoms with Crippen molar-refractivity contribution in [2.24, 2.45) is 0 Å². The number of hydrogen-bond acceptors (Lipinski definition) is 6. The molecule has 2 heterocycles. The van der Waals surface area contributed by atoms with Crippen LogP contribution in [0.4, 0.5) is 10.1 Å². The molecule has 1 fully saturated rings. The van der Waals surface area contributed by atoms with E-state index < -0.39 is 5.92 Å². The molecule has 1 amide bonds. The highest BCUT2D eigenvalue weighted by atomic mass is 32.2. The molecule has 0 bridgehead atoms. The minimum absolute atomic E-state index is 0.0711. The zero-order chi connectivity index (χ0) is 21.3. The van der Waals surface area contributed by atoms with Gasteiger partial charge in [-0.05, 0) is 30.3 Å². The highest BCUT2D eigenvalue weighted by molar-refractivity contribution is 8.03. The Kier molecular flexibility index (Phi) is 5.55. The molecule has 1 atom stereocenters. The zero-order valence-corrected chi connectivity index (χ0v) is 17.4. The van der Waals surface area contributed by atoms with Crippen LogP contribution in [-0.2, 0) is 4.79 Å². The van der Waals surface area contributed by atoms with Crippen LogP contribution in [0, 0.1) is 17.1 Å². The average Bonchev–Trinajstić information content (AvgIpc) is 2.78. The van der Waals surface area contributed by atoms with Gasteiger partial charge in [-0.3, -0.25) is 9.69 Å². The fourth-order valence-corrected chi connectivity index (χ4v) is 5.00. The van der Waals surface area contributed by atoms with Gasteiger partial charge in [0.2, 0.25) is 5.91 Å². The van der Waals surface area contributed by atoms with Crippen molar-refractivity contribution in [3.63, 3.8) is 0 Å². The summed E-state index contributed by atoms with van der Waals surface area (Å²) in [6, 6.07) is 14.0. The van der Waals surface area contributed by atoms with Crippen LogP contribution in [0.5, 0.6) is 11.5 Å². The van der Waals surface area contributed by atoms with Gasteiger partial charge in [-0.15, -0.1) is 0 Å². The van der Waals surface area contributed by atoms with Gasteiger partial charge in [0.25, 0.3) is 0 Å². The first-order chi connectivity index (χ1) is 14.6. The third kappa shape index (κ3) is 3.46. The summed E-state index contributed by atoms with van der Waals surface area (Å²) in [6.07, 6.45) is 0.160. The lowest BCUT2D eigenvalue weighted by atomic mass is 9.85. The maximum Gasteiger partial charge on any atom is 0.229 e. The number of nitrogens with zero attached hydrogens (tertiary/aromatic N) is 3. The third-order valence-electron chi connectivity index (χ3n) is 5.29. The highest BCUT2D eigenvalue weighted by Gasteiger charge is 2.39. The first kappa shape index (κ1) is 20.1. The lowest BCUT2D eigenvalue weighted by Gasteiger charge is -2.42. The number of ether oxygens (including phenoxy) is 2. The number of hydrogen-bond donors (Lipinski definition) is 0. The first-order valence-corrected chi connectivity index (χ1v) is 10.3. The molecule has 0 N–H and O–H groups in total. The second-order valence-corrected chi connectivity index (χ2v) is 7.86. The number of benzene rings is 2. The fraction of sp³-hybridized carbons (Fsp3) is 0.273. The molecule has 30 heavy (non-hydrogen) atoms. The van der Waals surface area contributed by atoms with Crippen LogP contribution in [0.1, 0.15) is 17.9 Å². The monoisotopic (exact) mass is 425 g/mol. The van der Waals surface area contributed by atoms with Gasteiger partial charge in [-0.1, -0.05) is 23.9 Å². The van der Waals surface area contributed by atoms with Gasteiger partial charge >= 0.3 is 0 Å². The Morgan fingerprint density at radius 1 is 1.17 bits per heavy atom.